The minimum absolute atomic E-state index is 0.157. The molecule has 0 aliphatic heterocycles. The number of benzene rings is 2. The SMILES string of the molecule is COC(=O)C(Cc1c[nH]c2ccccc12)NC(=O)CN(Cc1ccc(C)c(C)c1)C1CC1. The average molecular weight is 434 g/mol. The fraction of sp³-hybridized carbons (Fsp3) is 0.385. The van der Waals surface area contributed by atoms with Crippen molar-refractivity contribution in [2.75, 3.05) is 13.7 Å². The van der Waals surface area contributed by atoms with Gasteiger partial charge in [-0.05, 0) is 55.0 Å². The third-order valence-corrected chi connectivity index (χ3v) is 6.29. The minimum Gasteiger partial charge on any atom is -0.467 e. The lowest BCUT2D eigenvalue weighted by molar-refractivity contribution is -0.145. The second-order valence-electron chi connectivity index (χ2n) is 8.76. The Morgan fingerprint density at radius 3 is 2.66 bits per heavy atom. The zero-order valence-electron chi connectivity index (χ0n) is 19.0. The van der Waals surface area contributed by atoms with E-state index in [1.807, 2.05) is 30.5 Å². The molecule has 1 atom stereocenters. The van der Waals surface area contributed by atoms with Crippen LogP contribution in [0.5, 0.6) is 0 Å². The van der Waals surface area contributed by atoms with E-state index in [0.29, 0.717) is 12.5 Å². The number of aromatic nitrogens is 1. The molecule has 6 nitrogen and oxygen atoms in total. The van der Waals surface area contributed by atoms with Gasteiger partial charge in [-0.2, -0.15) is 0 Å². The lowest BCUT2D eigenvalue weighted by Crippen LogP contribution is -2.47. The van der Waals surface area contributed by atoms with Gasteiger partial charge in [-0.15, -0.1) is 0 Å². The van der Waals surface area contributed by atoms with E-state index in [1.165, 1.54) is 23.8 Å². The molecule has 3 aromatic rings. The van der Waals surface area contributed by atoms with E-state index in [2.05, 4.69) is 47.2 Å². The van der Waals surface area contributed by atoms with Gasteiger partial charge in [-0.1, -0.05) is 36.4 Å². The predicted octanol–water partition coefficient (Wildman–Crippen LogP) is 3.65. The number of rotatable bonds is 9. The van der Waals surface area contributed by atoms with Gasteiger partial charge in [-0.25, -0.2) is 4.79 Å². The molecule has 1 amide bonds. The number of esters is 1. The Morgan fingerprint density at radius 2 is 1.94 bits per heavy atom. The zero-order chi connectivity index (χ0) is 22.7. The van der Waals surface area contributed by atoms with Crippen LogP contribution >= 0.6 is 0 Å². The number of nitrogens with zero attached hydrogens (tertiary/aromatic N) is 1. The van der Waals surface area contributed by atoms with E-state index in [-0.39, 0.29) is 12.5 Å². The zero-order valence-corrected chi connectivity index (χ0v) is 19.0. The Hall–Kier alpha value is -3.12. The van der Waals surface area contributed by atoms with Gasteiger partial charge in [-0.3, -0.25) is 9.69 Å². The number of hydrogen-bond acceptors (Lipinski definition) is 4. The Kier molecular flexibility index (Phi) is 6.61. The number of nitrogens with one attached hydrogen (secondary N) is 2. The molecule has 0 spiro atoms. The first-order chi connectivity index (χ1) is 15.4. The molecular formula is C26H31N3O3. The van der Waals surface area contributed by atoms with Crippen molar-refractivity contribution in [3.8, 4) is 0 Å². The first-order valence-electron chi connectivity index (χ1n) is 11.2. The summed E-state index contributed by atoms with van der Waals surface area (Å²) >= 11 is 0. The topological polar surface area (TPSA) is 74.4 Å². The van der Waals surface area contributed by atoms with Crippen LogP contribution in [0, 0.1) is 13.8 Å². The summed E-state index contributed by atoms with van der Waals surface area (Å²) in [5.74, 6) is -0.591. The van der Waals surface area contributed by atoms with E-state index >= 15 is 0 Å². The highest BCUT2D eigenvalue weighted by atomic mass is 16.5. The molecule has 4 rings (SSSR count). The van der Waals surface area contributed by atoms with Crippen LogP contribution in [-0.2, 0) is 27.3 Å². The molecule has 1 heterocycles. The molecule has 2 aromatic carbocycles. The van der Waals surface area contributed by atoms with Crippen LogP contribution in [0.1, 0.15) is 35.1 Å². The van der Waals surface area contributed by atoms with Crippen LogP contribution in [0.25, 0.3) is 10.9 Å². The van der Waals surface area contributed by atoms with Gasteiger partial charge in [0.05, 0.1) is 13.7 Å². The van der Waals surface area contributed by atoms with Crippen molar-refractivity contribution in [3.63, 3.8) is 0 Å². The predicted molar refractivity (Wildman–Crippen MR) is 125 cm³/mol. The molecule has 168 valence electrons. The first kappa shape index (κ1) is 22.1. The second kappa shape index (κ2) is 9.57. The third-order valence-electron chi connectivity index (χ3n) is 6.29. The van der Waals surface area contributed by atoms with Gasteiger partial charge in [0.25, 0.3) is 0 Å². The number of aromatic amines is 1. The monoisotopic (exact) mass is 433 g/mol. The van der Waals surface area contributed by atoms with Crippen molar-refractivity contribution >= 4 is 22.8 Å². The lowest BCUT2D eigenvalue weighted by atomic mass is 10.0. The maximum Gasteiger partial charge on any atom is 0.328 e. The summed E-state index contributed by atoms with van der Waals surface area (Å²) in [6.07, 6.45) is 4.48. The number of hydrogen-bond donors (Lipinski definition) is 2. The van der Waals surface area contributed by atoms with Gasteiger partial charge >= 0.3 is 5.97 Å². The molecule has 0 saturated heterocycles. The Bertz CT molecular complexity index is 1120. The number of H-pyrrole nitrogens is 1. The van der Waals surface area contributed by atoms with Crippen LogP contribution < -0.4 is 5.32 Å². The van der Waals surface area contributed by atoms with Crippen molar-refractivity contribution in [1.29, 1.82) is 0 Å². The molecule has 0 radical (unpaired) electrons. The molecule has 1 aromatic heterocycles. The summed E-state index contributed by atoms with van der Waals surface area (Å²) in [7, 11) is 1.35. The molecule has 1 saturated carbocycles. The third kappa shape index (κ3) is 5.19. The largest absolute Gasteiger partial charge is 0.467 e. The van der Waals surface area contributed by atoms with Gasteiger partial charge in [0.2, 0.25) is 5.91 Å². The number of carbonyl (C=O) groups excluding carboxylic acids is 2. The number of carbonyl (C=O) groups is 2. The molecule has 1 aliphatic carbocycles. The van der Waals surface area contributed by atoms with Crippen molar-refractivity contribution in [3.05, 3.63) is 70.9 Å². The summed E-state index contributed by atoms with van der Waals surface area (Å²) in [6, 6.07) is 14.1. The van der Waals surface area contributed by atoms with Gasteiger partial charge in [0.1, 0.15) is 6.04 Å². The molecule has 1 unspecified atom stereocenters. The van der Waals surface area contributed by atoms with Gasteiger partial charge in [0, 0.05) is 36.1 Å². The Labute approximate surface area is 188 Å². The molecule has 1 aliphatic rings. The highest BCUT2D eigenvalue weighted by Crippen LogP contribution is 2.28. The van der Waals surface area contributed by atoms with E-state index in [0.717, 1.165) is 35.9 Å². The smallest absolute Gasteiger partial charge is 0.328 e. The average Bonchev–Trinajstić information content (AvgIpc) is 3.56. The normalized spacial score (nSPS) is 14.5. The van der Waals surface area contributed by atoms with Crippen LogP contribution in [0.4, 0.5) is 0 Å². The van der Waals surface area contributed by atoms with Crippen molar-refractivity contribution < 1.29 is 14.3 Å². The molecule has 0 bridgehead atoms. The Morgan fingerprint density at radius 1 is 1.16 bits per heavy atom. The minimum atomic E-state index is -0.727. The van der Waals surface area contributed by atoms with E-state index in [9.17, 15) is 9.59 Å². The number of para-hydroxylation sites is 1. The highest BCUT2D eigenvalue weighted by Gasteiger charge is 2.31. The quantitative estimate of drug-likeness (QED) is 0.505. The van der Waals surface area contributed by atoms with E-state index in [4.69, 9.17) is 4.74 Å². The molecule has 32 heavy (non-hydrogen) atoms. The number of amides is 1. The molecule has 2 N–H and O–H groups in total. The Balaban J connectivity index is 1.43. The summed E-state index contributed by atoms with van der Waals surface area (Å²) in [4.78, 5) is 30.8. The molecular weight excluding hydrogens is 402 g/mol. The maximum atomic E-state index is 13.0. The lowest BCUT2D eigenvalue weighted by Gasteiger charge is -2.23. The number of methoxy groups -OCH3 is 1. The maximum absolute atomic E-state index is 13.0. The van der Waals surface area contributed by atoms with Crippen LogP contribution in [-0.4, -0.2) is 47.5 Å². The number of ether oxygens (including phenoxy) is 1. The standard InChI is InChI=1S/C26H31N3O3/c1-17-8-9-19(12-18(17)2)15-29(21-10-11-21)16-25(30)28-24(26(31)32-3)13-20-14-27-23-7-5-4-6-22(20)23/h4-9,12,14,21,24,27H,10-11,13,15-16H2,1-3H3,(H,28,30). The van der Waals surface area contributed by atoms with Crippen molar-refractivity contribution in [2.45, 2.75) is 51.7 Å². The number of aryl methyl sites for hydroxylation is 2. The highest BCUT2D eigenvalue weighted by molar-refractivity contribution is 5.87. The second-order valence-corrected chi connectivity index (χ2v) is 8.76. The van der Waals surface area contributed by atoms with Crippen molar-refractivity contribution in [2.24, 2.45) is 0 Å². The summed E-state index contributed by atoms with van der Waals surface area (Å²) in [5.41, 5.74) is 5.71. The molecule has 6 heteroatoms. The fourth-order valence-corrected chi connectivity index (χ4v) is 4.17. The van der Waals surface area contributed by atoms with E-state index in [1.54, 1.807) is 0 Å². The van der Waals surface area contributed by atoms with E-state index < -0.39 is 12.0 Å². The van der Waals surface area contributed by atoms with Crippen LogP contribution in [0.3, 0.4) is 0 Å². The number of fused-ring (bicyclic) bond motifs is 1. The van der Waals surface area contributed by atoms with Gasteiger partial charge in [0.15, 0.2) is 0 Å². The molecule has 1 fully saturated rings. The summed E-state index contributed by atoms with van der Waals surface area (Å²) in [6.45, 7) is 5.20. The first-order valence-corrected chi connectivity index (χ1v) is 11.2. The van der Waals surface area contributed by atoms with Gasteiger partial charge < -0.3 is 15.0 Å². The fourth-order valence-electron chi connectivity index (χ4n) is 4.17. The van der Waals surface area contributed by atoms with Crippen LogP contribution in [0.15, 0.2) is 48.7 Å². The van der Waals surface area contributed by atoms with Crippen LogP contribution in [0.2, 0.25) is 0 Å². The van der Waals surface area contributed by atoms with Crippen molar-refractivity contribution in [1.82, 2.24) is 15.2 Å². The summed E-state index contributed by atoms with van der Waals surface area (Å²) in [5, 5.41) is 3.97. The summed E-state index contributed by atoms with van der Waals surface area (Å²) < 4.78 is 4.98.